The van der Waals surface area contributed by atoms with Gasteiger partial charge in [0.25, 0.3) is 5.56 Å². The van der Waals surface area contributed by atoms with Gasteiger partial charge in [-0.1, -0.05) is 0 Å². The van der Waals surface area contributed by atoms with E-state index in [0.29, 0.717) is 0 Å². The Bertz CT molecular complexity index is 1190. The number of hydrogen-bond donors (Lipinski definition) is 7. The maximum Gasteiger partial charge on any atom is 0.483 e. The Labute approximate surface area is 207 Å². The number of hydrogen-bond acceptors (Lipinski definition) is 13. The van der Waals surface area contributed by atoms with E-state index in [1.165, 1.54) is 13.8 Å². The summed E-state index contributed by atoms with van der Waals surface area (Å²) in [6, 6.07) is 0.0349. The Morgan fingerprint density at radius 1 is 1.16 bits per heavy atom. The van der Waals surface area contributed by atoms with E-state index in [1.54, 1.807) is 0 Å². The van der Waals surface area contributed by atoms with Crippen molar-refractivity contribution in [1.29, 1.82) is 0 Å². The number of phosphoric acid groups is 2. The SMILES string of the molecule is CC(=O)N[C@H]1CC(C)O[C@@H](OP(=O)(O)OP(=O)(O)OC[C@H]2O[C@@H](n3ccc(=O)[nH]c3=O)C(O)[C@H]2O)C1O. The van der Waals surface area contributed by atoms with E-state index in [4.69, 9.17) is 9.47 Å². The van der Waals surface area contributed by atoms with Gasteiger partial charge in [-0.15, -0.1) is 0 Å². The number of ether oxygens (including phenoxy) is 2. The summed E-state index contributed by atoms with van der Waals surface area (Å²) in [6.45, 7) is 1.74. The van der Waals surface area contributed by atoms with Crippen molar-refractivity contribution < 1.29 is 61.9 Å². The molecule has 1 amide bonds. The molecule has 3 heterocycles. The van der Waals surface area contributed by atoms with Gasteiger partial charge in [0.2, 0.25) is 5.91 Å². The Balaban J connectivity index is 1.61. The number of phosphoric ester groups is 2. The second-order valence-corrected chi connectivity index (χ2v) is 11.3. The van der Waals surface area contributed by atoms with Crippen LogP contribution in [0.1, 0.15) is 26.5 Å². The highest BCUT2D eigenvalue weighted by Crippen LogP contribution is 2.61. The molecule has 0 spiro atoms. The normalized spacial score (nSPS) is 35.4. The Morgan fingerprint density at radius 2 is 1.84 bits per heavy atom. The van der Waals surface area contributed by atoms with E-state index in [0.717, 1.165) is 16.8 Å². The van der Waals surface area contributed by atoms with Gasteiger partial charge in [-0.05, 0) is 13.3 Å². The minimum atomic E-state index is -5.43. The summed E-state index contributed by atoms with van der Waals surface area (Å²) in [5.41, 5.74) is -1.70. The van der Waals surface area contributed by atoms with E-state index in [2.05, 4.69) is 18.7 Å². The fourth-order valence-corrected chi connectivity index (χ4v) is 5.90. The molecular formula is C17H27N3O15P2. The molecule has 5 unspecified atom stereocenters. The Morgan fingerprint density at radius 3 is 2.46 bits per heavy atom. The zero-order valence-corrected chi connectivity index (χ0v) is 21.1. The highest BCUT2D eigenvalue weighted by Gasteiger charge is 2.47. The maximum absolute atomic E-state index is 12.3. The molecule has 20 heteroatoms. The van der Waals surface area contributed by atoms with Crippen molar-refractivity contribution in [2.24, 2.45) is 0 Å². The molecule has 2 aliphatic rings. The van der Waals surface area contributed by atoms with Crippen LogP contribution in [0.5, 0.6) is 0 Å². The minimum Gasteiger partial charge on any atom is -0.387 e. The van der Waals surface area contributed by atoms with Crippen LogP contribution in [0.2, 0.25) is 0 Å². The first-order valence-corrected chi connectivity index (χ1v) is 13.7. The molecule has 2 fully saturated rings. The summed E-state index contributed by atoms with van der Waals surface area (Å²) < 4.78 is 49.3. The van der Waals surface area contributed by atoms with Gasteiger partial charge in [-0.3, -0.25) is 28.2 Å². The van der Waals surface area contributed by atoms with Crippen molar-refractivity contribution in [1.82, 2.24) is 14.9 Å². The quantitative estimate of drug-likeness (QED) is 0.149. The Kier molecular flexibility index (Phi) is 9.27. The average Bonchev–Trinajstić information content (AvgIpc) is 3.02. The van der Waals surface area contributed by atoms with Crippen molar-refractivity contribution in [3.8, 4) is 0 Å². The van der Waals surface area contributed by atoms with Gasteiger partial charge in [0.1, 0.15) is 24.4 Å². The van der Waals surface area contributed by atoms with E-state index in [1.807, 2.05) is 4.98 Å². The van der Waals surface area contributed by atoms with Gasteiger partial charge in [0.15, 0.2) is 12.5 Å². The summed E-state index contributed by atoms with van der Waals surface area (Å²) in [6.07, 6.45) is -9.51. The lowest BCUT2D eigenvalue weighted by molar-refractivity contribution is -0.212. The number of carbonyl (C=O) groups is 1. The van der Waals surface area contributed by atoms with Crippen molar-refractivity contribution >= 4 is 21.6 Å². The van der Waals surface area contributed by atoms with Crippen LogP contribution < -0.4 is 16.6 Å². The molecule has 1 aromatic rings. The van der Waals surface area contributed by atoms with E-state index in [-0.39, 0.29) is 6.42 Å². The number of H-pyrrole nitrogens is 1. The predicted molar refractivity (Wildman–Crippen MR) is 118 cm³/mol. The third kappa shape index (κ3) is 7.63. The number of nitrogens with one attached hydrogen (secondary N) is 2. The smallest absolute Gasteiger partial charge is 0.387 e. The molecular weight excluding hydrogens is 548 g/mol. The zero-order chi connectivity index (χ0) is 27.7. The number of nitrogens with zero attached hydrogens (tertiary/aromatic N) is 1. The highest BCUT2D eigenvalue weighted by atomic mass is 31.3. The molecule has 0 radical (unpaired) electrons. The van der Waals surface area contributed by atoms with Crippen LogP contribution in [0.3, 0.4) is 0 Å². The summed E-state index contributed by atoms with van der Waals surface area (Å²) >= 11 is 0. The van der Waals surface area contributed by atoms with Gasteiger partial charge >= 0.3 is 21.3 Å². The molecule has 0 aromatic carbocycles. The van der Waals surface area contributed by atoms with Crippen LogP contribution in [-0.2, 0) is 36.8 Å². The monoisotopic (exact) mass is 575 g/mol. The fraction of sp³-hybridized carbons (Fsp3) is 0.706. The molecule has 0 aliphatic carbocycles. The molecule has 210 valence electrons. The number of aromatic amines is 1. The highest BCUT2D eigenvalue weighted by molar-refractivity contribution is 7.61. The molecule has 7 N–H and O–H groups in total. The molecule has 2 aliphatic heterocycles. The summed E-state index contributed by atoms with van der Waals surface area (Å²) in [5.74, 6) is -0.498. The standard InChI is InChI=1S/C17H27N3O15P2/c1-7-5-9(18-8(2)21)12(23)16(32-7)34-37(29,30)35-36(27,28)31-6-10-13(24)14(25)15(33-10)20-4-3-11(22)19-17(20)26/h3-4,7,9-10,12-16,23-25H,5-6H2,1-2H3,(H,18,21)(H,27,28)(H,29,30)(H,19,22,26)/t7?,9-,10+,12?,13-,14?,15+,16-/m0/s1. The first-order valence-electron chi connectivity index (χ1n) is 10.7. The van der Waals surface area contributed by atoms with Crippen molar-refractivity contribution in [2.45, 2.75) is 69.3 Å². The molecule has 2 saturated heterocycles. The second kappa shape index (κ2) is 11.5. The van der Waals surface area contributed by atoms with Crippen LogP contribution in [0.4, 0.5) is 0 Å². The maximum atomic E-state index is 12.3. The summed E-state index contributed by atoms with van der Waals surface area (Å²) in [7, 11) is -10.8. The molecule has 0 saturated carbocycles. The summed E-state index contributed by atoms with van der Waals surface area (Å²) in [5, 5.41) is 33.1. The number of rotatable bonds is 9. The van der Waals surface area contributed by atoms with Crippen LogP contribution in [-0.4, -0.2) is 90.0 Å². The molecule has 37 heavy (non-hydrogen) atoms. The third-order valence-electron chi connectivity index (χ3n) is 5.34. The molecule has 10 atom stereocenters. The topological polar surface area (TPSA) is 265 Å². The van der Waals surface area contributed by atoms with Crippen LogP contribution >= 0.6 is 15.6 Å². The van der Waals surface area contributed by atoms with Gasteiger partial charge < -0.3 is 39.9 Å². The number of aliphatic hydroxyl groups is 3. The van der Waals surface area contributed by atoms with Crippen LogP contribution in [0.15, 0.2) is 21.9 Å². The largest absolute Gasteiger partial charge is 0.483 e. The number of aliphatic hydroxyl groups excluding tert-OH is 3. The number of carbonyl (C=O) groups excluding carboxylic acids is 1. The summed E-state index contributed by atoms with van der Waals surface area (Å²) in [4.78, 5) is 56.2. The number of amides is 1. The average molecular weight is 575 g/mol. The zero-order valence-electron chi connectivity index (χ0n) is 19.3. The lowest BCUT2D eigenvalue weighted by atomic mass is 10.0. The van der Waals surface area contributed by atoms with Crippen molar-refractivity contribution in [2.75, 3.05) is 6.61 Å². The van der Waals surface area contributed by atoms with E-state index >= 15 is 0 Å². The van der Waals surface area contributed by atoms with Gasteiger partial charge in [0, 0.05) is 19.2 Å². The van der Waals surface area contributed by atoms with E-state index in [9.17, 15) is 48.6 Å². The lowest BCUT2D eigenvalue weighted by Gasteiger charge is -2.38. The molecule has 1 aromatic heterocycles. The minimum absolute atomic E-state index is 0.139. The van der Waals surface area contributed by atoms with Gasteiger partial charge in [-0.2, -0.15) is 4.31 Å². The molecule has 18 nitrogen and oxygen atoms in total. The van der Waals surface area contributed by atoms with E-state index < -0.39 is 88.5 Å². The third-order valence-corrected chi connectivity index (χ3v) is 7.94. The lowest BCUT2D eigenvalue weighted by Crippen LogP contribution is -2.55. The fourth-order valence-electron chi connectivity index (χ4n) is 3.74. The predicted octanol–water partition coefficient (Wildman–Crippen LogP) is -2.59. The Hall–Kier alpha value is -1.79. The first-order chi connectivity index (χ1) is 17.1. The van der Waals surface area contributed by atoms with Crippen molar-refractivity contribution in [3.05, 3.63) is 33.1 Å². The first kappa shape index (κ1) is 29.8. The van der Waals surface area contributed by atoms with Crippen LogP contribution in [0, 0.1) is 0 Å². The van der Waals surface area contributed by atoms with Crippen LogP contribution in [0.25, 0.3) is 0 Å². The second-order valence-electron chi connectivity index (χ2n) is 8.33. The van der Waals surface area contributed by atoms with Gasteiger partial charge in [-0.25, -0.2) is 13.9 Å². The number of aromatic nitrogens is 2. The molecule has 3 rings (SSSR count). The van der Waals surface area contributed by atoms with Crippen molar-refractivity contribution in [3.63, 3.8) is 0 Å². The van der Waals surface area contributed by atoms with Gasteiger partial charge in [0.05, 0.1) is 18.8 Å². The molecule has 0 bridgehead atoms.